The van der Waals surface area contributed by atoms with Gasteiger partial charge in [-0.15, -0.1) is 24.0 Å². The Bertz CT molecular complexity index is 777. The van der Waals surface area contributed by atoms with Gasteiger partial charge in [0.15, 0.2) is 5.96 Å². The molecule has 1 heterocycles. The molecule has 1 saturated carbocycles. The highest BCUT2D eigenvalue weighted by Gasteiger charge is 2.42. The fraction of sp³-hybridized carbons (Fsp3) is 0.545. The maximum absolute atomic E-state index is 4.62. The second-order valence-electron chi connectivity index (χ2n) is 8.29. The zero-order valence-electron chi connectivity index (χ0n) is 17.8. The van der Waals surface area contributed by atoms with E-state index < -0.39 is 0 Å². The molecule has 154 valence electrons. The van der Waals surface area contributed by atoms with Crippen LogP contribution in [0.1, 0.15) is 49.4 Å². The van der Waals surface area contributed by atoms with Crippen LogP contribution in [-0.2, 0) is 20.0 Å². The largest absolute Gasteiger partial charge is 0.356 e. The Kier molecular flexibility index (Phi) is 7.92. The minimum atomic E-state index is 0. The lowest BCUT2D eigenvalue weighted by atomic mass is 9.96. The SMILES string of the molecule is CN=C(NCC1(Cc2ccccc2)CC1)N(C)Cc1cn(C)nc1C(C)C.I. The number of guanidine groups is 1. The van der Waals surface area contributed by atoms with Crippen LogP contribution in [-0.4, -0.2) is 41.3 Å². The summed E-state index contributed by atoms with van der Waals surface area (Å²) in [5.74, 6) is 1.37. The molecule has 0 aliphatic heterocycles. The first kappa shape index (κ1) is 22.7. The Morgan fingerprint density at radius 3 is 2.54 bits per heavy atom. The molecule has 0 amide bonds. The Hall–Kier alpha value is -1.57. The van der Waals surface area contributed by atoms with Crippen molar-refractivity contribution in [3.8, 4) is 0 Å². The maximum Gasteiger partial charge on any atom is 0.193 e. The normalized spacial score (nSPS) is 15.3. The smallest absolute Gasteiger partial charge is 0.193 e. The van der Waals surface area contributed by atoms with Crippen LogP contribution in [0, 0.1) is 5.41 Å². The average Bonchev–Trinajstić information content (AvgIpc) is 3.29. The Morgan fingerprint density at radius 1 is 1.29 bits per heavy atom. The third-order valence-electron chi connectivity index (χ3n) is 5.47. The third kappa shape index (κ3) is 5.72. The molecular formula is C22H34IN5. The van der Waals surface area contributed by atoms with Crippen LogP contribution in [0.15, 0.2) is 41.5 Å². The summed E-state index contributed by atoms with van der Waals surface area (Å²) in [6.07, 6.45) is 5.84. The van der Waals surface area contributed by atoms with E-state index in [1.54, 1.807) is 0 Å². The van der Waals surface area contributed by atoms with Gasteiger partial charge in [0.05, 0.1) is 5.69 Å². The lowest BCUT2D eigenvalue weighted by Crippen LogP contribution is -2.41. The first-order valence-electron chi connectivity index (χ1n) is 9.90. The van der Waals surface area contributed by atoms with Crippen molar-refractivity contribution in [2.45, 2.75) is 45.6 Å². The third-order valence-corrected chi connectivity index (χ3v) is 5.47. The average molecular weight is 495 g/mol. The second-order valence-corrected chi connectivity index (χ2v) is 8.29. The summed E-state index contributed by atoms with van der Waals surface area (Å²) in [5.41, 5.74) is 4.25. The molecule has 1 aliphatic carbocycles. The number of aliphatic imine (C=N–C) groups is 1. The Balaban J connectivity index is 0.00000280. The lowest BCUT2D eigenvalue weighted by molar-refractivity contribution is 0.441. The van der Waals surface area contributed by atoms with Gasteiger partial charge in [0.25, 0.3) is 0 Å². The van der Waals surface area contributed by atoms with Crippen molar-refractivity contribution in [2.75, 3.05) is 20.6 Å². The summed E-state index contributed by atoms with van der Waals surface area (Å²) in [7, 11) is 5.95. The Morgan fingerprint density at radius 2 is 1.96 bits per heavy atom. The second kappa shape index (κ2) is 9.76. The number of aromatic nitrogens is 2. The van der Waals surface area contributed by atoms with Crippen LogP contribution < -0.4 is 5.32 Å². The summed E-state index contributed by atoms with van der Waals surface area (Å²) in [4.78, 5) is 6.70. The number of benzene rings is 1. The van der Waals surface area contributed by atoms with E-state index in [4.69, 9.17) is 0 Å². The molecule has 0 bridgehead atoms. The van der Waals surface area contributed by atoms with Gasteiger partial charge < -0.3 is 10.2 Å². The molecule has 5 nitrogen and oxygen atoms in total. The van der Waals surface area contributed by atoms with E-state index in [1.165, 1.54) is 29.7 Å². The van der Waals surface area contributed by atoms with Crippen LogP contribution in [0.3, 0.4) is 0 Å². The van der Waals surface area contributed by atoms with Crippen molar-refractivity contribution >= 4 is 29.9 Å². The van der Waals surface area contributed by atoms with Crippen LogP contribution in [0.25, 0.3) is 0 Å². The summed E-state index contributed by atoms with van der Waals surface area (Å²) in [5, 5.41) is 8.24. The van der Waals surface area contributed by atoms with Gasteiger partial charge in [-0.05, 0) is 36.2 Å². The predicted octanol–water partition coefficient (Wildman–Crippen LogP) is 4.19. The molecule has 0 atom stereocenters. The van der Waals surface area contributed by atoms with Crippen molar-refractivity contribution < 1.29 is 0 Å². The monoisotopic (exact) mass is 495 g/mol. The standard InChI is InChI=1S/C22H33N5.HI/c1-17(2)20-19(15-27(5)25-20)14-26(4)21(23-3)24-16-22(11-12-22)13-18-9-7-6-8-10-18;/h6-10,15,17H,11-14,16H2,1-5H3,(H,23,24);1H. The lowest BCUT2D eigenvalue weighted by Gasteiger charge is -2.25. The molecule has 0 saturated heterocycles. The summed E-state index contributed by atoms with van der Waals surface area (Å²) < 4.78 is 1.91. The first-order valence-corrected chi connectivity index (χ1v) is 9.90. The van der Waals surface area contributed by atoms with E-state index in [-0.39, 0.29) is 24.0 Å². The number of rotatable bonds is 7. The summed E-state index contributed by atoms with van der Waals surface area (Å²) in [6.45, 7) is 6.17. The topological polar surface area (TPSA) is 45.5 Å². The molecule has 3 rings (SSSR count). The maximum atomic E-state index is 4.62. The van der Waals surface area contributed by atoms with E-state index in [1.807, 2.05) is 18.8 Å². The molecule has 6 heteroatoms. The minimum absolute atomic E-state index is 0. The molecule has 1 aromatic heterocycles. The predicted molar refractivity (Wildman–Crippen MR) is 127 cm³/mol. The van der Waals surface area contributed by atoms with Gasteiger partial charge in [0, 0.05) is 46.0 Å². The minimum Gasteiger partial charge on any atom is -0.356 e. The van der Waals surface area contributed by atoms with Crippen LogP contribution in [0.4, 0.5) is 0 Å². The van der Waals surface area contributed by atoms with Gasteiger partial charge in [-0.2, -0.15) is 5.10 Å². The molecule has 1 aromatic carbocycles. The number of nitrogens with zero attached hydrogens (tertiary/aromatic N) is 4. The molecule has 2 aromatic rings. The number of halogens is 1. The van der Waals surface area contributed by atoms with Gasteiger partial charge in [0.2, 0.25) is 0 Å². The van der Waals surface area contributed by atoms with E-state index in [0.717, 1.165) is 25.5 Å². The number of hydrogen-bond donors (Lipinski definition) is 1. The molecular weight excluding hydrogens is 461 g/mol. The highest BCUT2D eigenvalue weighted by molar-refractivity contribution is 14.0. The van der Waals surface area contributed by atoms with Crippen LogP contribution >= 0.6 is 24.0 Å². The van der Waals surface area contributed by atoms with Gasteiger partial charge >= 0.3 is 0 Å². The molecule has 0 spiro atoms. The first-order chi connectivity index (χ1) is 12.9. The molecule has 1 fully saturated rings. The number of aryl methyl sites for hydroxylation is 1. The van der Waals surface area contributed by atoms with E-state index in [0.29, 0.717) is 11.3 Å². The van der Waals surface area contributed by atoms with Gasteiger partial charge in [-0.1, -0.05) is 44.2 Å². The summed E-state index contributed by atoms with van der Waals surface area (Å²) >= 11 is 0. The van der Waals surface area contributed by atoms with E-state index in [9.17, 15) is 0 Å². The molecule has 1 N–H and O–H groups in total. The van der Waals surface area contributed by atoms with Crippen LogP contribution in [0.2, 0.25) is 0 Å². The zero-order chi connectivity index (χ0) is 19.4. The van der Waals surface area contributed by atoms with Crippen molar-refractivity contribution in [2.24, 2.45) is 17.5 Å². The van der Waals surface area contributed by atoms with Crippen molar-refractivity contribution in [1.29, 1.82) is 0 Å². The highest BCUT2D eigenvalue weighted by Crippen LogP contribution is 2.47. The van der Waals surface area contributed by atoms with E-state index >= 15 is 0 Å². The molecule has 0 radical (unpaired) electrons. The van der Waals surface area contributed by atoms with Crippen LogP contribution in [0.5, 0.6) is 0 Å². The van der Waals surface area contributed by atoms with Crippen molar-refractivity contribution in [1.82, 2.24) is 20.0 Å². The van der Waals surface area contributed by atoms with Gasteiger partial charge in [0.1, 0.15) is 0 Å². The van der Waals surface area contributed by atoms with Gasteiger partial charge in [-0.3, -0.25) is 9.67 Å². The summed E-state index contributed by atoms with van der Waals surface area (Å²) in [6, 6.07) is 10.8. The fourth-order valence-corrected chi connectivity index (χ4v) is 3.77. The van der Waals surface area contributed by atoms with Crippen molar-refractivity contribution in [3.05, 3.63) is 53.3 Å². The molecule has 0 unspecified atom stereocenters. The highest BCUT2D eigenvalue weighted by atomic mass is 127. The van der Waals surface area contributed by atoms with Gasteiger partial charge in [-0.25, -0.2) is 0 Å². The Labute approximate surface area is 186 Å². The number of nitrogens with one attached hydrogen (secondary N) is 1. The van der Waals surface area contributed by atoms with E-state index in [2.05, 4.69) is 77.7 Å². The quantitative estimate of drug-likeness (QED) is 0.356. The zero-order valence-corrected chi connectivity index (χ0v) is 20.1. The molecule has 28 heavy (non-hydrogen) atoms. The molecule has 1 aliphatic rings. The van der Waals surface area contributed by atoms with Crippen molar-refractivity contribution in [3.63, 3.8) is 0 Å². The fourth-order valence-electron chi connectivity index (χ4n) is 3.77. The number of hydrogen-bond acceptors (Lipinski definition) is 2.